The van der Waals surface area contributed by atoms with Crippen LogP contribution in [0.2, 0.25) is 5.02 Å². The first-order valence-electron chi connectivity index (χ1n) is 6.77. The minimum absolute atomic E-state index is 0.358. The van der Waals surface area contributed by atoms with E-state index in [2.05, 4.69) is 5.32 Å². The summed E-state index contributed by atoms with van der Waals surface area (Å²) in [6.45, 7) is 1.92. The van der Waals surface area contributed by atoms with Gasteiger partial charge in [0, 0.05) is 24.7 Å². The quantitative estimate of drug-likeness (QED) is 0.693. The van der Waals surface area contributed by atoms with E-state index < -0.39 is 11.7 Å². The highest BCUT2D eigenvalue weighted by molar-refractivity contribution is 6.46. The van der Waals surface area contributed by atoms with Gasteiger partial charge in [-0.25, -0.2) is 0 Å². The number of nitrogens with one attached hydrogen (secondary N) is 1. The molecule has 0 bridgehead atoms. The lowest BCUT2D eigenvalue weighted by Crippen LogP contribution is -2.24. The Labute approximate surface area is 134 Å². The molecule has 0 radical (unpaired) electrons. The fourth-order valence-corrected chi connectivity index (χ4v) is 2.19. The average molecular weight is 317 g/mol. The molecular formula is C17H17ClN2O2. The van der Waals surface area contributed by atoms with Crippen LogP contribution < -0.4 is 10.2 Å². The molecule has 0 aliphatic rings. The van der Waals surface area contributed by atoms with E-state index in [1.165, 1.54) is 0 Å². The molecule has 22 heavy (non-hydrogen) atoms. The summed E-state index contributed by atoms with van der Waals surface area (Å²) in [5, 5.41) is 3.12. The van der Waals surface area contributed by atoms with Gasteiger partial charge in [0.15, 0.2) is 0 Å². The van der Waals surface area contributed by atoms with Gasteiger partial charge in [-0.05, 0) is 25.1 Å². The van der Waals surface area contributed by atoms with Crippen LogP contribution in [0.15, 0.2) is 42.5 Å². The molecule has 0 heterocycles. The third-order valence-corrected chi connectivity index (χ3v) is 3.44. The Bertz CT molecular complexity index is 709. The van der Waals surface area contributed by atoms with Gasteiger partial charge >= 0.3 is 0 Å². The molecule has 0 unspecified atom stereocenters. The first kappa shape index (κ1) is 16.0. The Balaban J connectivity index is 2.23. The van der Waals surface area contributed by atoms with Gasteiger partial charge in [0.25, 0.3) is 11.7 Å². The van der Waals surface area contributed by atoms with Crippen LogP contribution in [-0.4, -0.2) is 25.8 Å². The van der Waals surface area contributed by atoms with Gasteiger partial charge in [-0.2, -0.15) is 0 Å². The molecule has 0 aliphatic heterocycles. The molecule has 0 saturated heterocycles. The van der Waals surface area contributed by atoms with Gasteiger partial charge in [-0.1, -0.05) is 41.4 Å². The second-order valence-corrected chi connectivity index (χ2v) is 5.64. The fraction of sp³-hybridized carbons (Fsp3) is 0.176. The molecule has 1 N–H and O–H groups in total. The van der Waals surface area contributed by atoms with Crippen LogP contribution in [0, 0.1) is 6.92 Å². The number of halogens is 1. The number of hydrogen-bond acceptors (Lipinski definition) is 3. The lowest BCUT2D eigenvalue weighted by Gasteiger charge is -2.18. The van der Waals surface area contributed by atoms with Crippen molar-refractivity contribution in [3.05, 3.63) is 58.6 Å². The number of carbonyl (C=O) groups is 2. The minimum Gasteiger partial charge on any atom is -0.376 e. The molecule has 0 aliphatic carbocycles. The fourth-order valence-electron chi connectivity index (χ4n) is 2.01. The predicted octanol–water partition coefficient (Wildman–Crippen LogP) is 3.54. The monoisotopic (exact) mass is 316 g/mol. The number of anilines is 2. The van der Waals surface area contributed by atoms with Crippen LogP contribution >= 0.6 is 11.6 Å². The Morgan fingerprint density at radius 1 is 1.05 bits per heavy atom. The molecule has 0 aromatic heterocycles. The van der Waals surface area contributed by atoms with Crippen molar-refractivity contribution in [3.63, 3.8) is 0 Å². The first-order valence-corrected chi connectivity index (χ1v) is 7.15. The molecule has 0 saturated carbocycles. The van der Waals surface area contributed by atoms with Crippen molar-refractivity contribution in [2.45, 2.75) is 6.92 Å². The summed E-state index contributed by atoms with van der Waals surface area (Å²) >= 11 is 5.96. The second kappa shape index (κ2) is 6.62. The molecule has 0 fully saturated rings. The number of benzene rings is 2. The molecule has 2 aromatic rings. The van der Waals surface area contributed by atoms with Gasteiger partial charge in [-0.3, -0.25) is 9.59 Å². The summed E-state index contributed by atoms with van der Waals surface area (Å²) in [4.78, 5) is 26.2. The first-order chi connectivity index (χ1) is 10.4. The Kier molecular flexibility index (Phi) is 4.83. The van der Waals surface area contributed by atoms with E-state index in [0.717, 1.165) is 11.3 Å². The zero-order valence-electron chi connectivity index (χ0n) is 12.7. The van der Waals surface area contributed by atoms with Crippen LogP contribution in [0.1, 0.15) is 15.9 Å². The summed E-state index contributed by atoms with van der Waals surface area (Å²) in [6, 6.07) is 12.0. The van der Waals surface area contributed by atoms with Crippen molar-refractivity contribution in [2.75, 3.05) is 24.3 Å². The summed E-state index contributed by atoms with van der Waals surface area (Å²) in [5.74, 6) is -1.26. The maximum absolute atomic E-state index is 12.2. The highest BCUT2D eigenvalue weighted by atomic mass is 35.5. The largest absolute Gasteiger partial charge is 0.376 e. The maximum atomic E-state index is 12.2. The number of ketones is 1. The molecule has 2 rings (SSSR count). The van der Waals surface area contributed by atoms with E-state index in [0.29, 0.717) is 16.3 Å². The molecule has 114 valence electrons. The van der Waals surface area contributed by atoms with Gasteiger partial charge in [0.1, 0.15) is 0 Å². The molecule has 0 spiro atoms. The highest BCUT2D eigenvalue weighted by Gasteiger charge is 2.18. The number of nitrogens with zero attached hydrogens (tertiary/aromatic N) is 1. The summed E-state index contributed by atoms with van der Waals surface area (Å²) < 4.78 is 0. The van der Waals surface area contributed by atoms with Crippen LogP contribution in [-0.2, 0) is 4.79 Å². The molecule has 1 amide bonds. The van der Waals surface area contributed by atoms with Gasteiger partial charge in [0.2, 0.25) is 0 Å². The minimum atomic E-state index is -0.686. The van der Waals surface area contributed by atoms with Crippen molar-refractivity contribution >= 4 is 34.7 Å². The maximum Gasteiger partial charge on any atom is 0.296 e. The highest BCUT2D eigenvalue weighted by Crippen LogP contribution is 2.27. The van der Waals surface area contributed by atoms with Crippen molar-refractivity contribution in [3.8, 4) is 0 Å². The average Bonchev–Trinajstić information content (AvgIpc) is 2.47. The van der Waals surface area contributed by atoms with Crippen LogP contribution in [0.3, 0.4) is 0 Å². The molecule has 5 heteroatoms. The van der Waals surface area contributed by atoms with Crippen LogP contribution in [0.5, 0.6) is 0 Å². The topological polar surface area (TPSA) is 49.4 Å². The lowest BCUT2D eigenvalue weighted by molar-refractivity contribution is -0.112. The smallest absolute Gasteiger partial charge is 0.296 e. The Hall–Kier alpha value is -2.33. The Morgan fingerprint density at radius 2 is 1.68 bits per heavy atom. The number of amides is 1. The summed E-state index contributed by atoms with van der Waals surface area (Å²) in [6.07, 6.45) is 0. The molecule has 0 atom stereocenters. The van der Waals surface area contributed by atoms with Crippen molar-refractivity contribution in [2.24, 2.45) is 0 Å². The molecule has 4 nitrogen and oxygen atoms in total. The van der Waals surface area contributed by atoms with E-state index in [4.69, 9.17) is 11.6 Å². The zero-order chi connectivity index (χ0) is 16.3. The molecular weight excluding hydrogens is 300 g/mol. The third kappa shape index (κ3) is 3.65. The number of rotatable bonds is 4. The van der Waals surface area contributed by atoms with E-state index >= 15 is 0 Å². The van der Waals surface area contributed by atoms with Crippen LogP contribution in [0.25, 0.3) is 0 Å². The van der Waals surface area contributed by atoms with E-state index in [1.807, 2.05) is 25.9 Å². The standard InChI is InChI=1S/C17H17ClN2O2/c1-11-4-6-12(7-5-11)16(21)17(22)19-14-10-13(18)8-9-15(14)20(2)3/h4-10H,1-3H3,(H,19,22). The van der Waals surface area contributed by atoms with Crippen LogP contribution in [0.4, 0.5) is 11.4 Å². The summed E-state index contributed by atoms with van der Waals surface area (Å²) in [7, 11) is 3.70. The third-order valence-electron chi connectivity index (χ3n) is 3.21. The normalized spacial score (nSPS) is 10.2. The Morgan fingerprint density at radius 3 is 2.27 bits per heavy atom. The number of Topliss-reactive ketones (excluding diaryl/α,β-unsaturated/α-hetero) is 1. The second-order valence-electron chi connectivity index (χ2n) is 5.21. The number of hydrogen-bond donors (Lipinski definition) is 1. The predicted molar refractivity (Wildman–Crippen MR) is 89.9 cm³/mol. The van der Waals surface area contributed by atoms with E-state index in [1.54, 1.807) is 42.5 Å². The molecule has 2 aromatic carbocycles. The lowest BCUT2D eigenvalue weighted by atomic mass is 10.1. The van der Waals surface area contributed by atoms with Crippen molar-refractivity contribution in [1.82, 2.24) is 0 Å². The van der Waals surface area contributed by atoms with Gasteiger partial charge in [-0.15, -0.1) is 0 Å². The van der Waals surface area contributed by atoms with Crippen molar-refractivity contribution < 1.29 is 9.59 Å². The summed E-state index contributed by atoms with van der Waals surface area (Å²) in [5.41, 5.74) is 2.66. The van der Waals surface area contributed by atoms with Crippen molar-refractivity contribution in [1.29, 1.82) is 0 Å². The number of carbonyl (C=O) groups excluding carboxylic acids is 2. The van der Waals surface area contributed by atoms with E-state index in [9.17, 15) is 9.59 Å². The van der Waals surface area contributed by atoms with Gasteiger partial charge < -0.3 is 10.2 Å². The number of aryl methyl sites for hydroxylation is 1. The van der Waals surface area contributed by atoms with E-state index in [-0.39, 0.29) is 0 Å². The zero-order valence-corrected chi connectivity index (χ0v) is 13.4. The SMILES string of the molecule is Cc1ccc(C(=O)C(=O)Nc2cc(Cl)ccc2N(C)C)cc1. The van der Waals surface area contributed by atoms with Gasteiger partial charge in [0.05, 0.1) is 11.4 Å².